The largest absolute Gasteiger partial charge is 0.493 e. The number of hydrogen-bond donors (Lipinski definition) is 0. The van der Waals surface area contributed by atoms with Gasteiger partial charge in [0.15, 0.2) is 16.3 Å². The average Bonchev–Trinajstić information content (AvgIpc) is 3.34. The predicted octanol–water partition coefficient (Wildman–Crippen LogP) is 6.05. The summed E-state index contributed by atoms with van der Waals surface area (Å²) in [5.41, 5.74) is 6.97. The Kier molecular flexibility index (Phi) is 6.80. The maximum absolute atomic E-state index is 14.0. The maximum Gasteiger partial charge on any atom is 0.271 e. The van der Waals surface area contributed by atoms with Crippen LogP contribution >= 0.6 is 11.3 Å². The van der Waals surface area contributed by atoms with Crippen molar-refractivity contribution in [2.75, 3.05) is 7.11 Å². The van der Waals surface area contributed by atoms with Gasteiger partial charge in [0.2, 0.25) is 0 Å². The quantitative estimate of drug-likeness (QED) is 0.248. The highest BCUT2D eigenvalue weighted by Crippen LogP contribution is 2.41. The Labute approximate surface area is 246 Å². The van der Waals surface area contributed by atoms with Crippen molar-refractivity contribution in [2.24, 2.45) is 4.99 Å². The van der Waals surface area contributed by atoms with Crippen molar-refractivity contribution in [3.8, 4) is 11.5 Å². The molecule has 42 heavy (non-hydrogen) atoms. The van der Waals surface area contributed by atoms with Gasteiger partial charge >= 0.3 is 0 Å². The molecule has 4 aromatic carbocycles. The van der Waals surface area contributed by atoms with Gasteiger partial charge in [0.25, 0.3) is 5.56 Å². The smallest absolute Gasteiger partial charge is 0.271 e. The van der Waals surface area contributed by atoms with E-state index in [-0.39, 0.29) is 17.4 Å². The fourth-order valence-corrected chi connectivity index (χ4v) is 6.75. The first-order chi connectivity index (χ1) is 20.6. The summed E-state index contributed by atoms with van der Waals surface area (Å²) in [7, 11) is 1.60. The van der Waals surface area contributed by atoms with Gasteiger partial charge in [-0.1, -0.05) is 84.1 Å². The van der Waals surface area contributed by atoms with Gasteiger partial charge in [0, 0.05) is 5.56 Å². The van der Waals surface area contributed by atoms with Gasteiger partial charge in [-0.15, -0.1) is 0 Å². The first kappa shape index (κ1) is 26.2. The number of methoxy groups -OCH3 is 1. The molecule has 0 amide bonds. The van der Waals surface area contributed by atoms with E-state index >= 15 is 0 Å². The van der Waals surface area contributed by atoms with E-state index in [2.05, 4.69) is 12.1 Å². The molecular weight excluding hydrogens is 547 g/mol. The first-order valence-corrected chi connectivity index (χ1v) is 14.6. The fourth-order valence-electron chi connectivity index (χ4n) is 5.75. The molecule has 1 aliphatic carbocycles. The van der Waals surface area contributed by atoms with E-state index < -0.39 is 0 Å². The van der Waals surface area contributed by atoms with E-state index in [1.54, 1.807) is 23.8 Å². The third kappa shape index (κ3) is 4.76. The molecule has 7 heteroatoms. The van der Waals surface area contributed by atoms with Crippen LogP contribution in [0.5, 0.6) is 11.5 Å². The van der Waals surface area contributed by atoms with E-state index in [0.717, 1.165) is 46.4 Å². The Bertz CT molecular complexity index is 2010. The van der Waals surface area contributed by atoms with Crippen molar-refractivity contribution in [1.82, 2.24) is 4.57 Å². The number of thiazole rings is 1. The molecule has 0 bridgehead atoms. The fraction of sp³-hybridized carbons (Fsp3) is 0.143. The molecule has 5 nitrogen and oxygen atoms in total. The lowest BCUT2D eigenvalue weighted by Gasteiger charge is -2.30. The summed E-state index contributed by atoms with van der Waals surface area (Å²) in [6.07, 6.45) is 3.51. The van der Waals surface area contributed by atoms with Gasteiger partial charge in [0.05, 0.1) is 23.4 Å². The van der Waals surface area contributed by atoms with Gasteiger partial charge in [-0.2, -0.15) is 0 Å². The molecule has 1 atom stereocenters. The van der Waals surface area contributed by atoms with Crippen LogP contribution in [0.1, 0.15) is 40.3 Å². The minimum absolute atomic E-state index is 0.123. The topological polar surface area (TPSA) is 52.8 Å². The number of nitrogens with zero attached hydrogens (tertiary/aromatic N) is 2. The Balaban J connectivity index is 1.32. The minimum Gasteiger partial charge on any atom is -0.493 e. The third-order valence-corrected chi connectivity index (χ3v) is 8.76. The highest BCUT2D eigenvalue weighted by Gasteiger charge is 2.32. The van der Waals surface area contributed by atoms with Crippen LogP contribution in [0.25, 0.3) is 11.8 Å². The Morgan fingerprint density at radius 3 is 2.55 bits per heavy atom. The molecule has 7 rings (SSSR count). The van der Waals surface area contributed by atoms with Gasteiger partial charge in [-0.3, -0.25) is 9.36 Å². The van der Waals surface area contributed by atoms with Crippen molar-refractivity contribution in [3.63, 3.8) is 0 Å². The number of halogens is 1. The summed E-state index contributed by atoms with van der Waals surface area (Å²) >= 11 is 1.36. The average molecular weight is 575 g/mol. The molecule has 1 aromatic heterocycles. The van der Waals surface area contributed by atoms with Gasteiger partial charge in [-0.05, 0) is 71.0 Å². The molecule has 2 heterocycles. The lowest BCUT2D eigenvalue weighted by atomic mass is 9.83. The van der Waals surface area contributed by atoms with Crippen LogP contribution in [-0.2, 0) is 13.0 Å². The summed E-state index contributed by atoms with van der Waals surface area (Å²) in [6, 6.07) is 30.0. The van der Waals surface area contributed by atoms with Crippen LogP contribution in [-0.4, -0.2) is 11.7 Å². The lowest BCUT2D eigenvalue weighted by Crippen LogP contribution is -2.38. The number of ether oxygens (including phenoxy) is 2. The summed E-state index contributed by atoms with van der Waals surface area (Å²) in [6.45, 7) is 0.423. The number of allylic oxidation sites excluding steroid dienone is 1. The molecule has 0 N–H and O–H groups in total. The molecule has 0 unspecified atom stereocenters. The number of benzene rings is 4. The van der Waals surface area contributed by atoms with E-state index in [1.807, 2.05) is 66.7 Å². The normalized spacial score (nSPS) is 15.9. The zero-order chi connectivity index (χ0) is 28.6. The van der Waals surface area contributed by atoms with E-state index in [4.69, 9.17) is 14.5 Å². The Morgan fingerprint density at radius 2 is 1.74 bits per heavy atom. The van der Waals surface area contributed by atoms with Gasteiger partial charge < -0.3 is 9.47 Å². The van der Waals surface area contributed by atoms with Gasteiger partial charge in [-0.25, -0.2) is 9.38 Å². The molecule has 0 saturated heterocycles. The molecule has 0 saturated carbocycles. The van der Waals surface area contributed by atoms with Crippen molar-refractivity contribution in [1.29, 1.82) is 0 Å². The molecular formula is C35H27FN2O3S. The predicted molar refractivity (Wildman–Crippen MR) is 163 cm³/mol. The van der Waals surface area contributed by atoms with Crippen molar-refractivity contribution >= 4 is 23.1 Å². The maximum atomic E-state index is 14.0. The summed E-state index contributed by atoms with van der Waals surface area (Å²) in [4.78, 5) is 19.7. The second kappa shape index (κ2) is 10.9. The number of fused-ring (bicyclic) bond motifs is 3. The Hall–Kier alpha value is -4.75. The van der Waals surface area contributed by atoms with Crippen LogP contribution in [0, 0.1) is 5.82 Å². The van der Waals surface area contributed by atoms with E-state index in [1.165, 1.54) is 29.0 Å². The molecule has 0 spiro atoms. The standard InChI is InChI=1S/C35H27FN2O3S/c1-40-30-19-23(11-18-29(30)41-21-22-7-3-2-4-8-22)20-31-34(39)38-33(25-12-15-26(36)16-13-25)28-17-14-24-9-5-6-10-27(24)32(28)37-35(38)42-31/h2-13,15-16,18-20,33H,14,17,21H2,1H3/b31-20+/t33-/m1/s1. The van der Waals surface area contributed by atoms with Crippen LogP contribution in [0.3, 0.4) is 0 Å². The van der Waals surface area contributed by atoms with Crippen molar-refractivity contribution in [3.05, 3.63) is 156 Å². The highest BCUT2D eigenvalue weighted by molar-refractivity contribution is 7.07. The number of aryl methyl sites for hydroxylation is 1. The second-order valence-corrected chi connectivity index (χ2v) is 11.4. The van der Waals surface area contributed by atoms with Crippen LogP contribution < -0.4 is 24.4 Å². The molecule has 0 fully saturated rings. The third-order valence-electron chi connectivity index (χ3n) is 7.78. The van der Waals surface area contributed by atoms with Crippen molar-refractivity contribution in [2.45, 2.75) is 25.5 Å². The molecule has 5 aromatic rings. The van der Waals surface area contributed by atoms with Crippen LogP contribution in [0.4, 0.5) is 4.39 Å². The number of aromatic nitrogens is 1. The summed E-state index contributed by atoms with van der Waals surface area (Å²) in [5.74, 6) is 0.908. The van der Waals surface area contributed by atoms with Crippen LogP contribution in [0.2, 0.25) is 0 Å². The molecule has 2 aliphatic rings. The minimum atomic E-state index is -0.351. The number of rotatable bonds is 6. The lowest BCUT2D eigenvalue weighted by molar-refractivity contribution is 0.284. The van der Waals surface area contributed by atoms with Crippen LogP contribution in [0.15, 0.2) is 112 Å². The highest BCUT2D eigenvalue weighted by atomic mass is 32.1. The van der Waals surface area contributed by atoms with E-state index in [0.29, 0.717) is 27.4 Å². The molecule has 208 valence electrons. The van der Waals surface area contributed by atoms with Gasteiger partial charge in [0.1, 0.15) is 12.4 Å². The molecule has 1 aliphatic heterocycles. The number of hydrogen-bond acceptors (Lipinski definition) is 5. The van der Waals surface area contributed by atoms with Crippen molar-refractivity contribution < 1.29 is 13.9 Å². The van der Waals surface area contributed by atoms with E-state index in [9.17, 15) is 9.18 Å². The zero-order valence-corrected chi connectivity index (χ0v) is 23.7. The second-order valence-electron chi connectivity index (χ2n) is 10.3. The zero-order valence-electron chi connectivity index (χ0n) is 22.9. The summed E-state index contributed by atoms with van der Waals surface area (Å²) < 4.78 is 27.9. The Morgan fingerprint density at radius 1 is 0.952 bits per heavy atom. The molecule has 0 radical (unpaired) electrons. The first-order valence-electron chi connectivity index (χ1n) is 13.8. The SMILES string of the molecule is COc1cc(/C=c2/sc3n(c2=O)[C@H](c2ccc(F)cc2)C2=C(N=3)c3ccccc3CC2)ccc1OCc1ccccc1. The summed E-state index contributed by atoms with van der Waals surface area (Å²) in [5, 5.41) is 0. The monoisotopic (exact) mass is 574 g/mol.